The molecule has 27 heavy (non-hydrogen) atoms. The highest BCUT2D eigenvalue weighted by Gasteiger charge is 2.38. The molecular weight excluding hydrogens is 350 g/mol. The molecule has 0 spiro atoms. The molecule has 150 valence electrons. The van der Waals surface area contributed by atoms with Gasteiger partial charge in [-0.25, -0.2) is 0 Å². The molecule has 1 aromatic rings. The zero-order chi connectivity index (χ0) is 19.9. The summed E-state index contributed by atoms with van der Waals surface area (Å²) in [7, 11) is 4.87. The molecule has 0 saturated carbocycles. The lowest BCUT2D eigenvalue weighted by molar-refractivity contribution is -0.136. The van der Waals surface area contributed by atoms with Crippen molar-refractivity contribution in [3.63, 3.8) is 0 Å². The van der Waals surface area contributed by atoms with E-state index in [4.69, 9.17) is 19.9 Å². The van der Waals surface area contributed by atoms with Crippen molar-refractivity contribution in [3.8, 4) is 11.5 Å². The smallest absolute Gasteiger partial charge is 0.259 e. The standard InChI is InChI=1S/C19H29N3O5/c1-22(2)17(23)12-27-15-5-4-14(10-16(15)25-3)11-21-18(24)19(13-20)6-8-26-9-7-19/h4-5,10H,6-9,11-13,20H2,1-3H3,(H,21,24). The van der Waals surface area contributed by atoms with Crippen LogP contribution in [-0.2, 0) is 20.9 Å². The first-order valence-corrected chi connectivity index (χ1v) is 8.98. The normalized spacial score (nSPS) is 15.7. The summed E-state index contributed by atoms with van der Waals surface area (Å²) in [5.41, 5.74) is 6.18. The highest BCUT2D eigenvalue weighted by Crippen LogP contribution is 2.30. The van der Waals surface area contributed by atoms with Gasteiger partial charge in [-0.05, 0) is 30.5 Å². The Morgan fingerprint density at radius 2 is 1.96 bits per heavy atom. The van der Waals surface area contributed by atoms with E-state index in [0.717, 1.165) is 5.56 Å². The maximum atomic E-state index is 12.6. The van der Waals surface area contributed by atoms with E-state index in [1.807, 2.05) is 6.07 Å². The molecule has 0 aliphatic carbocycles. The van der Waals surface area contributed by atoms with Gasteiger partial charge >= 0.3 is 0 Å². The molecule has 2 amide bonds. The van der Waals surface area contributed by atoms with Gasteiger partial charge < -0.3 is 30.2 Å². The van der Waals surface area contributed by atoms with E-state index in [1.54, 1.807) is 26.2 Å². The van der Waals surface area contributed by atoms with Crippen molar-refractivity contribution in [1.82, 2.24) is 10.2 Å². The summed E-state index contributed by atoms with van der Waals surface area (Å²) in [5.74, 6) is 0.791. The van der Waals surface area contributed by atoms with Crippen molar-refractivity contribution in [2.45, 2.75) is 19.4 Å². The SMILES string of the molecule is COc1cc(CNC(=O)C2(CN)CCOCC2)ccc1OCC(=O)N(C)C. The summed E-state index contributed by atoms with van der Waals surface area (Å²) < 4.78 is 16.2. The quantitative estimate of drug-likeness (QED) is 0.683. The van der Waals surface area contributed by atoms with Crippen LogP contribution in [0.2, 0.25) is 0 Å². The lowest BCUT2D eigenvalue weighted by atomic mass is 9.79. The number of nitrogens with two attached hydrogens (primary N) is 1. The summed E-state index contributed by atoms with van der Waals surface area (Å²) in [6.07, 6.45) is 1.26. The molecule has 0 atom stereocenters. The minimum atomic E-state index is -0.558. The summed E-state index contributed by atoms with van der Waals surface area (Å²) in [6, 6.07) is 5.35. The summed E-state index contributed by atoms with van der Waals surface area (Å²) in [5, 5.41) is 2.96. The maximum absolute atomic E-state index is 12.6. The van der Waals surface area contributed by atoms with Gasteiger partial charge in [0.1, 0.15) is 0 Å². The number of ether oxygens (including phenoxy) is 3. The topological polar surface area (TPSA) is 103 Å². The molecule has 8 nitrogen and oxygen atoms in total. The molecule has 0 radical (unpaired) electrons. The van der Waals surface area contributed by atoms with Gasteiger partial charge in [0.15, 0.2) is 18.1 Å². The van der Waals surface area contributed by atoms with E-state index in [2.05, 4.69) is 5.32 Å². The van der Waals surface area contributed by atoms with E-state index in [0.29, 0.717) is 50.6 Å². The van der Waals surface area contributed by atoms with Gasteiger partial charge in [0, 0.05) is 40.4 Å². The van der Waals surface area contributed by atoms with Gasteiger partial charge in [0.2, 0.25) is 5.91 Å². The average Bonchev–Trinajstić information content (AvgIpc) is 2.70. The molecule has 0 bridgehead atoms. The Labute approximate surface area is 159 Å². The average molecular weight is 379 g/mol. The van der Waals surface area contributed by atoms with E-state index >= 15 is 0 Å². The first-order valence-electron chi connectivity index (χ1n) is 8.98. The third-order valence-electron chi connectivity index (χ3n) is 4.85. The van der Waals surface area contributed by atoms with Crippen LogP contribution in [-0.4, -0.2) is 64.3 Å². The van der Waals surface area contributed by atoms with Crippen LogP contribution >= 0.6 is 0 Å². The molecule has 1 fully saturated rings. The molecule has 1 saturated heterocycles. The molecule has 1 aliphatic heterocycles. The molecule has 2 rings (SSSR count). The highest BCUT2D eigenvalue weighted by molar-refractivity contribution is 5.83. The van der Waals surface area contributed by atoms with E-state index in [-0.39, 0.29) is 18.4 Å². The number of likely N-dealkylation sites (N-methyl/N-ethyl adjacent to an activating group) is 1. The molecule has 1 aliphatic rings. The number of nitrogens with zero attached hydrogens (tertiary/aromatic N) is 1. The zero-order valence-corrected chi connectivity index (χ0v) is 16.2. The van der Waals surface area contributed by atoms with Gasteiger partial charge in [-0.15, -0.1) is 0 Å². The largest absolute Gasteiger partial charge is 0.493 e. The highest BCUT2D eigenvalue weighted by atomic mass is 16.5. The second-order valence-corrected chi connectivity index (χ2v) is 6.84. The van der Waals surface area contributed by atoms with Crippen LogP contribution in [0.25, 0.3) is 0 Å². The number of benzene rings is 1. The summed E-state index contributed by atoms with van der Waals surface area (Å²) >= 11 is 0. The summed E-state index contributed by atoms with van der Waals surface area (Å²) in [4.78, 5) is 25.8. The van der Waals surface area contributed by atoms with Crippen LogP contribution < -0.4 is 20.5 Å². The van der Waals surface area contributed by atoms with Crippen molar-refractivity contribution < 1.29 is 23.8 Å². The van der Waals surface area contributed by atoms with Crippen molar-refractivity contribution in [2.75, 3.05) is 47.6 Å². The fraction of sp³-hybridized carbons (Fsp3) is 0.579. The number of hydrogen-bond donors (Lipinski definition) is 2. The van der Waals surface area contributed by atoms with Crippen LogP contribution in [0.4, 0.5) is 0 Å². The lowest BCUT2D eigenvalue weighted by Crippen LogP contribution is -2.48. The Hall–Kier alpha value is -2.32. The van der Waals surface area contributed by atoms with Gasteiger partial charge in [-0.1, -0.05) is 6.07 Å². The zero-order valence-electron chi connectivity index (χ0n) is 16.2. The Bertz CT molecular complexity index is 657. The Morgan fingerprint density at radius 3 is 2.56 bits per heavy atom. The molecule has 1 aromatic carbocycles. The van der Waals surface area contributed by atoms with Crippen LogP contribution in [0, 0.1) is 5.41 Å². The van der Waals surface area contributed by atoms with Crippen LogP contribution in [0.15, 0.2) is 18.2 Å². The van der Waals surface area contributed by atoms with Gasteiger partial charge in [-0.3, -0.25) is 9.59 Å². The van der Waals surface area contributed by atoms with E-state index < -0.39 is 5.41 Å². The molecule has 1 heterocycles. The van der Waals surface area contributed by atoms with Crippen LogP contribution in [0.1, 0.15) is 18.4 Å². The predicted octanol–water partition coefficient (Wildman–Crippen LogP) is 0.534. The predicted molar refractivity (Wildman–Crippen MR) is 101 cm³/mol. The lowest BCUT2D eigenvalue weighted by Gasteiger charge is -2.34. The number of hydrogen-bond acceptors (Lipinski definition) is 6. The van der Waals surface area contributed by atoms with Gasteiger partial charge in [-0.2, -0.15) is 0 Å². The molecule has 0 aromatic heterocycles. The third kappa shape index (κ3) is 5.33. The monoisotopic (exact) mass is 379 g/mol. The molecular formula is C19H29N3O5. The maximum Gasteiger partial charge on any atom is 0.259 e. The van der Waals surface area contributed by atoms with Crippen LogP contribution in [0.5, 0.6) is 11.5 Å². The Balaban J connectivity index is 1.98. The van der Waals surface area contributed by atoms with Crippen molar-refractivity contribution in [2.24, 2.45) is 11.1 Å². The number of rotatable bonds is 8. The second kappa shape index (κ2) is 9.57. The fourth-order valence-electron chi connectivity index (χ4n) is 2.87. The molecule has 3 N–H and O–H groups in total. The minimum Gasteiger partial charge on any atom is -0.493 e. The Kier molecular flexibility index (Phi) is 7.44. The number of amides is 2. The van der Waals surface area contributed by atoms with Crippen molar-refractivity contribution >= 4 is 11.8 Å². The van der Waals surface area contributed by atoms with Crippen LogP contribution in [0.3, 0.4) is 0 Å². The fourth-order valence-corrected chi connectivity index (χ4v) is 2.87. The minimum absolute atomic E-state index is 0.0517. The number of methoxy groups -OCH3 is 1. The van der Waals surface area contributed by atoms with Gasteiger partial charge in [0.05, 0.1) is 12.5 Å². The van der Waals surface area contributed by atoms with Gasteiger partial charge in [0.25, 0.3) is 5.91 Å². The number of carbonyl (C=O) groups excluding carboxylic acids is 2. The Morgan fingerprint density at radius 1 is 1.26 bits per heavy atom. The summed E-state index contributed by atoms with van der Waals surface area (Å²) in [6.45, 7) is 1.69. The number of nitrogens with one attached hydrogen (secondary N) is 1. The van der Waals surface area contributed by atoms with Crippen molar-refractivity contribution in [1.29, 1.82) is 0 Å². The van der Waals surface area contributed by atoms with Crippen molar-refractivity contribution in [3.05, 3.63) is 23.8 Å². The first-order chi connectivity index (χ1) is 12.9. The molecule has 8 heteroatoms. The van der Waals surface area contributed by atoms with E-state index in [1.165, 1.54) is 12.0 Å². The number of carbonyl (C=O) groups is 2. The third-order valence-corrected chi connectivity index (χ3v) is 4.85. The molecule has 0 unspecified atom stereocenters. The first kappa shape index (κ1) is 21.0. The second-order valence-electron chi connectivity index (χ2n) is 6.84. The van der Waals surface area contributed by atoms with E-state index in [9.17, 15) is 9.59 Å².